The van der Waals surface area contributed by atoms with Crippen molar-refractivity contribution < 1.29 is 33.6 Å². The molecule has 0 saturated carbocycles. The summed E-state index contributed by atoms with van der Waals surface area (Å²) in [5.74, 6) is 2.43. The van der Waals surface area contributed by atoms with Crippen LogP contribution >= 0.6 is 23.2 Å². The maximum Gasteiger partial charge on any atom is 0.340 e. The summed E-state index contributed by atoms with van der Waals surface area (Å²) in [7, 11) is 0. The number of ketones is 1. The Labute approximate surface area is 326 Å². The molecule has 4 aromatic rings. The molecule has 1 N–H and O–H groups in total. The van der Waals surface area contributed by atoms with E-state index >= 15 is 0 Å². The lowest BCUT2D eigenvalue weighted by Gasteiger charge is -2.48. The lowest BCUT2D eigenvalue weighted by atomic mass is 9.74. The van der Waals surface area contributed by atoms with Gasteiger partial charge >= 0.3 is 5.97 Å². The Morgan fingerprint density at radius 3 is 2.41 bits per heavy atom. The van der Waals surface area contributed by atoms with Crippen molar-refractivity contribution in [3.63, 3.8) is 0 Å². The molecular weight excluding hydrogens is 725 g/mol. The first-order chi connectivity index (χ1) is 25.9. The van der Waals surface area contributed by atoms with Crippen molar-refractivity contribution in [2.75, 3.05) is 24.7 Å². The quantitative estimate of drug-likeness (QED) is 0.159. The van der Waals surface area contributed by atoms with E-state index in [9.17, 15) is 14.7 Å². The number of ether oxygens (including phenoxy) is 4. The van der Waals surface area contributed by atoms with Gasteiger partial charge in [0.2, 0.25) is 0 Å². The minimum Gasteiger partial charge on any atom is -0.505 e. The lowest BCUT2D eigenvalue weighted by Crippen LogP contribution is -2.49. The predicted molar refractivity (Wildman–Crippen MR) is 209 cm³/mol. The number of esters is 1. The highest BCUT2D eigenvalue weighted by Crippen LogP contribution is 2.59. The number of nitrogens with zero attached hydrogens (tertiary/aromatic N) is 1. The zero-order chi connectivity index (χ0) is 37.8. The number of hydrogen-bond acceptors (Lipinski definition) is 8. The summed E-state index contributed by atoms with van der Waals surface area (Å²) in [6.07, 6.45) is 7.12. The number of hydrogen-bond donors (Lipinski definition) is 1. The highest BCUT2D eigenvalue weighted by atomic mass is 35.5. The first kappa shape index (κ1) is 36.7. The van der Waals surface area contributed by atoms with Crippen molar-refractivity contribution in [2.45, 2.75) is 89.2 Å². The predicted octanol–water partition coefficient (Wildman–Crippen LogP) is 11.1. The third-order valence-corrected chi connectivity index (χ3v) is 12.2. The van der Waals surface area contributed by atoms with Gasteiger partial charge in [-0.1, -0.05) is 48.3 Å². The van der Waals surface area contributed by atoms with Crippen LogP contribution in [0.5, 0.6) is 28.7 Å². The minimum atomic E-state index is -1.25. The molecule has 4 aromatic carbocycles. The van der Waals surface area contributed by atoms with Gasteiger partial charge in [0.1, 0.15) is 28.8 Å². The Bertz CT molecular complexity index is 2100. The lowest BCUT2D eigenvalue weighted by molar-refractivity contribution is -0.119. The van der Waals surface area contributed by atoms with E-state index in [2.05, 4.69) is 37.8 Å². The number of phenols is 1. The largest absolute Gasteiger partial charge is 0.505 e. The molecule has 1 fully saturated rings. The number of fused-ring (bicyclic) bond motifs is 7. The van der Waals surface area contributed by atoms with Crippen molar-refractivity contribution >= 4 is 40.6 Å². The Morgan fingerprint density at radius 1 is 0.907 bits per heavy atom. The van der Waals surface area contributed by atoms with E-state index in [0.29, 0.717) is 58.7 Å². The summed E-state index contributed by atoms with van der Waals surface area (Å²) >= 11 is 12.4. The zero-order valence-corrected chi connectivity index (χ0v) is 32.4. The van der Waals surface area contributed by atoms with Crippen LogP contribution in [0.2, 0.25) is 10.0 Å². The van der Waals surface area contributed by atoms with E-state index in [4.69, 9.17) is 42.1 Å². The molecule has 2 atom stereocenters. The number of benzene rings is 4. The molecule has 10 heteroatoms. The molecule has 54 heavy (non-hydrogen) atoms. The topological polar surface area (TPSA) is 94.5 Å². The third-order valence-electron chi connectivity index (χ3n) is 11.7. The zero-order valence-electron chi connectivity index (χ0n) is 30.9. The van der Waals surface area contributed by atoms with Crippen LogP contribution in [-0.4, -0.2) is 42.2 Å². The van der Waals surface area contributed by atoms with Crippen LogP contribution in [0.25, 0.3) is 0 Å². The van der Waals surface area contributed by atoms with Gasteiger partial charge in [0, 0.05) is 84.8 Å². The highest BCUT2D eigenvalue weighted by molar-refractivity contribution is 6.37. The van der Waals surface area contributed by atoms with Crippen LogP contribution in [0.4, 0.5) is 5.69 Å². The van der Waals surface area contributed by atoms with Crippen LogP contribution < -0.4 is 14.4 Å². The van der Waals surface area contributed by atoms with E-state index in [1.165, 1.54) is 12.1 Å². The molecule has 2 unspecified atom stereocenters. The standard InChI is InChI=1S/C44H45Cl2NO7/c1-26-25-43(2,3)47(17-7-10-28(48)9-6-8-27-15-18-51-19-16-27)38-24-40-35(23-32(26)38)44(33-12-5-4-11-31(33)42(50)54-44)34-14-13-29(22-39(34)53-40)52-30-20-36(45)41(49)37(46)21-30/h4-5,11-14,20-24,26-27,49H,6-10,15-19,25H2,1-3H3. The van der Waals surface area contributed by atoms with Gasteiger partial charge < -0.3 is 29.0 Å². The van der Waals surface area contributed by atoms with Gasteiger partial charge in [-0.05, 0) is 94.0 Å². The summed E-state index contributed by atoms with van der Waals surface area (Å²) in [5.41, 5.74) is 3.51. The fourth-order valence-corrected chi connectivity index (χ4v) is 9.50. The molecule has 0 aromatic heterocycles. The van der Waals surface area contributed by atoms with Gasteiger partial charge in [-0.15, -0.1) is 0 Å². The Kier molecular flexibility index (Phi) is 9.82. The molecule has 0 bridgehead atoms. The number of aromatic hydroxyl groups is 1. The fraction of sp³-hybridized carbons (Fsp3) is 0.409. The van der Waals surface area contributed by atoms with E-state index in [1.54, 1.807) is 18.2 Å². The van der Waals surface area contributed by atoms with Crippen LogP contribution in [0, 0.1) is 5.92 Å². The van der Waals surface area contributed by atoms with Gasteiger partial charge in [0.25, 0.3) is 0 Å². The average Bonchev–Trinajstić information content (AvgIpc) is 3.43. The van der Waals surface area contributed by atoms with E-state index in [1.807, 2.05) is 24.3 Å². The van der Waals surface area contributed by atoms with Gasteiger partial charge in [-0.3, -0.25) is 4.79 Å². The number of phenolic OH excluding ortho intramolecular Hbond substituents is 1. The minimum absolute atomic E-state index is 0.0653. The van der Waals surface area contributed by atoms with Crippen LogP contribution in [0.3, 0.4) is 0 Å². The third kappa shape index (κ3) is 6.60. The summed E-state index contributed by atoms with van der Waals surface area (Å²) in [6.45, 7) is 9.18. The number of Topliss-reactive ketones (excluding diaryl/α,β-unsaturated/α-hetero) is 1. The number of carbonyl (C=O) groups is 2. The van der Waals surface area contributed by atoms with Gasteiger partial charge in [-0.25, -0.2) is 4.79 Å². The molecule has 1 spiro atoms. The molecule has 0 aliphatic carbocycles. The first-order valence-electron chi connectivity index (χ1n) is 19.0. The number of carbonyl (C=O) groups excluding carboxylic acids is 2. The van der Waals surface area contributed by atoms with Crippen molar-refractivity contribution in [3.05, 3.63) is 105 Å². The van der Waals surface area contributed by atoms with E-state index in [0.717, 1.165) is 80.7 Å². The van der Waals surface area contributed by atoms with Gasteiger partial charge in [0.05, 0.1) is 15.6 Å². The van der Waals surface area contributed by atoms with Crippen LogP contribution in [0.1, 0.15) is 111 Å². The van der Waals surface area contributed by atoms with Crippen LogP contribution in [0.15, 0.2) is 66.7 Å². The monoisotopic (exact) mass is 769 g/mol. The molecule has 0 amide bonds. The second kappa shape index (κ2) is 14.4. The molecule has 0 radical (unpaired) electrons. The molecule has 4 aliphatic rings. The normalized spacial score (nSPS) is 21.1. The molecule has 4 heterocycles. The maximum absolute atomic E-state index is 13.6. The van der Waals surface area contributed by atoms with E-state index < -0.39 is 11.6 Å². The fourth-order valence-electron chi connectivity index (χ4n) is 9.03. The summed E-state index contributed by atoms with van der Waals surface area (Å²) in [6, 6.07) is 20.2. The first-order valence-corrected chi connectivity index (χ1v) is 19.8. The molecule has 4 aliphatic heterocycles. The molecule has 8 rings (SSSR count). The van der Waals surface area contributed by atoms with Crippen molar-refractivity contribution in [3.8, 4) is 28.7 Å². The van der Waals surface area contributed by atoms with Crippen molar-refractivity contribution in [2.24, 2.45) is 5.92 Å². The smallest absolute Gasteiger partial charge is 0.340 e. The summed E-state index contributed by atoms with van der Waals surface area (Å²) < 4.78 is 24.9. The van der Waals surface area contributed by atoms with Crippen molar-refractivity contribution in [1.82, 2.24) is 0 Å². The Morgan fingerprint density at radius 2 is 1.63 bits per heavy atom. The van der Waals surface area contributed by atoms with E-state index in [-0.39, 0.29) is 27.3 Å². The van der Waals surface area contributed by atoms with Crippen molar-refractivity contribution in [1.29, 1.82) is 0 Å². The average molecular weight is 771 g/mol. The molecule has 8 nitrogen and oxygen atoms in total. The summed E-state index contributed by atoms with van der Waals surface area (Å²) in [5, 5.41) is 10.2. The molecule has 1 saturated heterocycles. The van der Waals surface area contributed by atoms with Gasteiger partial charge in [0.15, 0.2) is 11.4 Å². The number of anilines is 1. The number of halogens is 2. The SMILES string of the molecule is CC1CC(C)(C)N(CCCC(=O)CCCC2CCOCC2)c2cc3c(cc21)C1(OC(=O)c2ccccc21)c1ccc(Oc2cc(Cl)c(O)c(Cl)c2)cc1O3. The Hall–Kier alpha value is -4.24. The Balaban J connectivity index is 1.12. The second-order valence-corrected chi connectivity index (χ2v) is 16.6. The molecule has 282 valence electrons. The summed E-state index contributed by atoms with van der Waals surface area (Å²) in [4.78, 5) is 29.0. The van der Waals surface area contributed by atoms with Gasteiger partial charge in [-0.2, -0.15) is 0 Å². The second-order valence-electron chi connectivity index (χ2n) is 15.8. The molecular formula is C44H45Cl2NO7. The van der Waals surface area contributed by atoms with Crippen LogP contribution in [-0.2, 0) is 19.9 Å². The maximum atomic E-state index is 13.6. The number of rotatable bonds is 10. The highest BCUT2D eigenvalue weighted by Gasteiger charge is 2.54.